The van der Waals surface area contributed by atoms with Gasteiger partial charge in [-0.3, -0.25) is 4.79 Å². The van der Waals surface area contributed by atoms with E-state index < -0.39 is 10.0 Å². The molecule has 2 aromatic rings. The van der Waals surface area contributed by atoms with Crippen LogP contribution in [0.2, 0.25) is 0 Å². The quantitative estimate of drug-likeness (QED) is 0.550. The van der Waals surface area contributed by atoms with Crippen molar-refractivity contribution in [3.8, 4) is 0 Å². The number of benzene rings is 1. The first kappa shape index (κ1) is 24.1. The van der Waals surface area contributed by atoms with E-state index in [1.54, 1.807) is 16.4 Å². The summed E-state index contributed by atoms with van der Waals surface area (Å²) in [6, 6.07) is 5.47. The van der Waals surface area contributed by atoms with Crippen molar-refractivity contribution in [2.45, 2.75) is 82.6 Å². The topological polar surface area (TPSA) is 75.5 Å². The van der Waals surface area contributed by atoms with Crippen LogP contribution >= 0.6 is 11.8 Å². The van der Waals surface area contributed by atoms with Crippen LogP contribution in [0.5, 0.6) is 0 Å². The Kier molecular flexibility index (Phi) is 7.70. The maximum Gasteiger partial charge on any atom is 0.243 e. The van der Waals surface area contributed by atoms with E-state index in [9.17, 15) is 13.2 Å². The molecule has 0 spiro atoms. The van der Waals surface area contributed by atoms with Crippen LogP contribution in [0.3, 0.4) is 0 Å². The van der Waals surface area contributed by atoms with Gasteiger partial charge in [0.05, 0.1) is 21.7 Å². The molecule has 172 valence electrons. The predicted octanol–water partition coefficient (Wildman–Crippen LogP) is 3.97. The third-order valence-corrected chi connectivity index (χ3v) is 8.53. The number of carbonyl (C=O) groups excluding carboxylic acids is 1. The second-order valence-corrected chi connectivity index (χ2v) is 11.4. The Hall–Kier alpha value is -1.58. The zero-order chi connectivity index (χ0) is 22.8. The largest absolute Gasteiger partial charge is 0.337 e. The molecule has 0 aliphatic carbocycles. The van der Waals surface area contributed by atoms with Crippen LogP contribution in [-0.4, -0.2) is 64.0 Å². The average molecular weight is 467 g/mol. The highest BCUT2D eigenvalue weighted by Crippen LogP contribution is 2.28. The molecular weight excluding hydrogens is 432 g/mol. The lowest BCUT2D eigenvalue weighted by Gasteiger charge is -2.30. The molecule has 1 saturated heterocycles. The molecule has 0 saturated carbocycles. The number of imidazole rings is 1. The highest BCUT2D eigenvalue weighted by Gasteiger charge is 2.27. The highest BCUT2D eigenvalue weighted by atomic mass is 32.2. The number of hydrogen-bond acceptors (Lipinski definition) is 5. The first-order valence-corrected chi connectivity index (χ1v) is 13.5. The molecule has 0 bridgehead atoms. The molecular formula is C22H34N4O3S2. The third kappa shape index (κ3) is 5.09. The summed E-state index contributed by atoms with van der Waals surface area (Å²) < 4.78 is 29.7. The van der Waals surface area contributed by atoms with Crippen molar-refractivity contribution in [1.82, 2.24) is 18.8 Å². The molecule has 0 unspecified atom stereocenters. The summed E-state index contributed by atoms with van der Waals surface area (Å²) >= 11 is 1.41. The minimum Gasteiger partial charge on any atom is -0.337 e. The summed E-state index contributed by atoms with van der Waals surface area (Å²) in [4.78, 5) is 19.6. The Morgan fingerprint density at radius 3 is 2.35 bits per heavy atom. The second kappa shape index (κ2) is 9.92. The number of hydrogen-bond donors (Lipinski definition) is 0. The van der Waals surface area contributed by atoms with Crippen LogP contribution < -0.4 is 0 Å². The van der Waals surface area contributed by atoms with Crippen molar-refractivity contribution in [1.29, 1.82) is 0 Å². The lowest BCUT2D eigenvalue weighted by atomic mass is 10.2. The summed E-state index contributed by atoms with van der Waals surface area (Å²) in [5, 5.41) is 0.742. The molecule has 2 heterocycles. The minimum atomic E-state index is -3.50. The zero-order valence-corrected chi connectivity index (χ0v) is 20.8. The van der Waals surface area contributed by atoms with Crippen LogP contribution in [0.15, 0.2) is 28.3 Å². The molecule has 0 atom stereocenters. The number of sulfonamides is 1. The number of thioether (sulfide) groups is 1. The fraction of sp³-hybridized carbons (Fsp3) is 0.636. The second-order valence-electron chi connectivity index (χ2n) is 8.53. The Morgan fingerprint density at radius 2 is 1.77 bits per heavy atom. The van der Waals surface area contributed by atoms with Gasteiger partial charge in [-0.1, -0.05) is 18.2 Å². The number of carbonyl (C=O) groups is 1. The molecule has 3 rings (SSSR count). The van der Waals surface area contributed by atoms with E-state index in [0.29, 0.717) is 35.8 Å². The number of aromatic nitrogens is 2. The number of fused-ring (bicyclic) bond motifs is 1. The van der Waals surface area contributed by atoms with Crippen molar-refractivity contribution in [3.05, 3.63) is 18.2 Å². The Morgan fingerprint density at radius 1 is 1.13 bits per heavy atom. The summed E-state index contributed by atoms with van der Waals surface area (Å²) in [5.41, 5.74) is 1.54. The molecule has 1 aromatic carbocycles. The molecule has 0 N–H and O–H groups in total. The molecule has 31 heavy (non-hydrogen) atoms. The number of nitrogens with zero attached hydrogens (tertiary/aromatic N) is 4. The molecule has 1 aliphatic heterocycles. The van der Waals surface area contributed by atoms with E-state index in [1.807, 2.05) is 50.2 Å². The number of piperidine rings is 1. The molecule has 1 aromatic heterocycles. The average Bonchev–Trinajstić information content (AvgIpc) is 3.09. The van der Waals surface area contributed by atoms with Crippen LogP contribution in [0.4, 0.5) is 0 Å². The van der Waals surface area contributed by atoms with Gasteiger partial charge in [0.15, 0.2) is 5.16 Å². The summed E-state index contributed by atoms with van der Waals surface area (Å²) in [7, 11) is -3.50. The van der Waals surface area contributed by atoms with Crippen molar-refractivity contribution >= 4 is 38.7 Å². The van der Waals surface area contributed by atoms with Gasteiger partial charge in [-0.2, -0.15) is 4.31 Å². The first-order chi connectivity index (χ1) is 14.7. The van der Waals surface area contributed by atoms with Gasteiger partial charge < -0.3 is 9.47 Å². The van der Waals surface area contributed by atoms with E-state index in [-0.39, 0.29) is 18.0 Å². The van der Waals surface area contributed by atoms with Gasteiger partial charge in [-0.05, 0) is 65.7 Å². The van der Waals surface area contributed by atoms with E-state index in [4.69, 9.17) is 4.98 Å². The maximum atomic E-state index is 13.0. The molecule has 1 fully saturated rings. The van der Waals surface area contributed by atoms with Crippen LogP contribution in [0.1, 0.15) is 53.9 Å². The normalized spacial score (nSPS) is 15.8. The number of amides is 1. The van der Waals surface area contributed by atoms with Crippen molar-refractivity contribution in [2.24, 2.45) is 0 Å². The Bertz CT molecular complexity index is 1020. The van der Waals surface area contributed by atoms with E-state index >= 15 is 0 Å². The van der Waals surface area contributed by atoms with Crippen LogP contribution in [0, 0.1) is 0 Å². The summed E-state index contributed by atoms with van der Waals surface area (Å²) in [6.45, 7) is 12.0. The third-order valence-electron chi connectivity index (χ3n) is 5.68. The number of rotatable bonds is 8. The van der Waals surface area contributed by atoms with Crippen molar-refractivity contribution in [3.63, 3.8) is 0 Å². The minimum absolute atomic E-state index is 0.0816. The molecule has 1 amide bonds. The molecule has 9 heteroatoms. The Labute approximate surface area is 190 Å². The molecule has 0 radical (unpaired) electrons. The fourth-order valence-corrected chi connectivity index (χ4v) is 6.78. The van der Waals surface area contributed by atoms with E-state index in [1.165, 1.54) is 11.8 Å². The number of aryl methyl sites for hydroxylation is 1. The van der Waals surface area contributed by atoms with Gasteiger partial charge in [0.1, 0.15) is 0 Å². The smallest absolute Gasteiger partial charge is 0.243 e. The van der Waals surface area contributed by atoms with E-state index in [0.717, 1.165) is 29.9 Å². The fourth-order valence-electron chi connectivity index (χ4n) is 4.29. The van der Waals surface area contributed by atoms with Gasteiger partial charge >= 0.3 is 0 Å². The van der Waals surface area contributed by atoms with Gasteiger partial charge in [-0.15, -0.1) is 0 Å². The zero-order valence-electron chi connectivity index (χ0n) is 19.2. The van der Waals surface area contributed by atoms with Crippen molar-refractivity contribution < 1.29 is 13.2 Å². The molecule has 7 nitrogen and oxygen atoms in total. The highest BCUT2D eigenvalue weighted by molar-refractivity contribution is 7.99. The standard InChI is InChI=1S/C22H34N4O3S2/c1-6-25-20-11-10-18(31(28,29)24-12-8-7-9-13-24)14-19(20)23-22(25)30-15-21(27)26(16(2)3)17(4)5/h10-11,14,16-17H,6-9,12-13,15H2,1-5H3. The van der Waals surface area contributed by atoms with Gasteiger partial charge in [0.2, 0.25) is 15.9 Å². The van der Waals surface area contributed by atoms with Crippen LogP contribution in [0.25, 0.3) is 11.0 Å². The summed E-state index contributed by atoms with van der Waals surface area (Å²) in [6.07, 6.45) is 2.89. The van der Waals surface area contributed by atoms with Crippen molar-refractivity contribution in [2.75, 3.05) is 18.8 Å². The van der Waals surface area contributed by atoms with Gasteiger partial charge in [0.25, 0.3) is 0 Å². The monoisotopic (exact) mass is 466 g/mol. The molecule has 1 aliphatic rings. The summed E-state index contributed by atoms with van der Waals surface area (Å²) in [5.74, 6) is 0.386. The first-order valence-electron chi connectivity index (χ1n) is 11.1. The Balaban J connectivity index is 1.86. The SMILES string of the molecule is CCn1c(SCC(=O)N(C(C)C)C(C)C)nc2cc(S(=O)(=O)N3CCCCC3)ccc21. The van der Waals surface area contributed by atoms with Crippen LogP contribution in [-0.2, 0) is 21.4 Å². The van der Waals surface area contributed by atoms with Gasteiger partial charge in [-0.25, -0.2) is 13.4 Å². The maximum absolute atomic E-state index is 13.0. The van der Waals surface area contributed by atoms with E-state index in [2.05, 4.69) is 0 Å². The predicted molar refractivity (Wildman–Crippen MR) is 126 cm³/mol. The lowest BCUT2D eigenvalue weighted by Crippen LogP contribution is -2.43. The lowest BCUT2D eigenvalue weighted by molar-refractivity contribution is -0.131. The van der Waals surface area contributed by atoms with Gasteiger partial charge in [0, 0.05) is 31.7 Å².